The van der Waals surface area contributed by atoms with Crippen molar-refractivity contribution < 1.29 is 37.9 Å². The minimum absolute atomic E-state index is 0.426. The van der Waals surface area contributed by atoms with Gasteiger partial charge < -0.3 is 43.2 Å². The molecule has 0 aromatic heterocycles. The second-order valence-corrected chi connectivity index (χ2v) is 7.78. The van der Waals surface area contributed by atoms with Gasteiger partial charge in [0.25, 0.3) is 0 Å². The van der Waals surface area contributed by atoms with E-state index in [1.807, 2.05) is 13.8 Å². The van der Waals surface area contributed by atoms with Crippen LogP contribution in [0.5, 0.6) is 0 Å². The molecule has 2 atom stereocenters. The fraction of sp³-hybridized carbons (Fsp3) is 1.00. The van der Waals surface area contributed by atoms with E-state index in [9.17, 15) is 0 Å². The molecule has 0 aliphatic carbocycles. The first-order chi connectivity index (χ1) is 14.1. The lowest BCUT2D eigenvalue weighted by molar-refractivity contribution is -0.153. The van der Waals surface area contributed by atoms with Crippen molar-refractivity contribution >= 4 is 0 Å². The van der Waals surface area contributed by atoms with Crippen molar-refractivity contribution in [1.29, 1.82) is 0 Å². The van der Waals surface area contributed by atoms with E-state index >= 15 is 0 Å². The van der Waals surface area contributed by atoms with E-state index in [1.165, 1.54) is 0 Å². The van der Waals surface area contributed by atoms with E-state index in [4.69, 9.17) is 37.9 Å². The molecule has 1 N–H and O–H groups in total. The van der Waals surface area contributed by atoms with Gasteiger partial charge in [-0.1, -0.05) is 0 Å². The van der Waals surface area contributed by atoms with Crippen LogP contribution in [-0.2, 0) is 37.9 Å². The molecular weight excluding hydrogens is 382 g/mol. The quantitative estimate of drug-likeness (QED) is 0.553. The van der Waals surface area contributed by atoms with Crippen LogP contribution in [0.25, 0.3) is 0 Å². The summed E-state index contributed by atoms with van der Waals surface area (Å²) < 4.78 is 46.5. The number of fused-ring (bicyclic) bond motifs is 8. The largest absolute Gasteiger partial charge is 0.377 e. The summed E-state index contributed by atoms with van der Waals surface area (Å²) in [5, 5.41) is 3.32. The van der Waals surface area contributed by atoms with E-state index in [0.717, 1.165) is 13.1 Å². The van der Waals surface area contributed by atoms with Crippen LogP contribution in [0.1, 0.15) is 13.8 Å². The summed E-state index contributed by atoms with van der Waals surface area (Å²) in [6.07, 6.45) is 0. The standard InChI is InChI=1S/C20H39NO8/c1-19-15-24-5-3-21-4-6-25-16-20(2,29-14-12-23-11-13-28-19)18-27-10-8-22-7-9-26-17-19/h21H,3-18H2,1-2H3. The fourth-order valence-corrected chi connectivity index (χ4v) is 2.95. The maximum Gasteiger partial charge on any atom is 0.112 e. The van der Waals surface area contributed by atoms with Crippen LogP contribution in [0.3, 0.4) is 0 Å². The molecule has 2 heterocycles. The first kappa shape index (κ1) is 24.9. The zero-order valence-corrected chi connectivity index (χ0v) is 18.1. The third-order valence-electron chi connectivity index (χ3n) is 4.58. The van der Waals surface area contributed by atoms with Crippen LogP contribution >= 0.6 is 0 Å². The van der Waals surface area contributed by atoms with E-state index < -0.39 is 11.2 Å². The predicted octanol–water partition coefficient (Wildman–Crippen LogP) is 0.253. The molecule has 0 saturated carbocycles. The van der Waals surface area contributed by atoms with E-state index in [2.05, 4.69) is 5.32 Å². The third kappa shape index (κ3) is 11.6. The van der Waals surface area contributed by atoms with Gasteiger partial charge >= 0.3 is 0 Å². The van der Waals surface area contributed by atoms with Gasteiger partial charge in [0, 0.05) is 13.1 Å². The van der Waals surface area contributed by atoms with Crippen LogP contribution in [0.4, 0.5) is 0 Å². The molecule has 2 fully saturated rings. The fourth-order valence-electron chi connectivity index (χ4n) is 2.95. The number of ether oxygens (including phenoxy) is 8. The summed E-state index contributed by atoms with van der Waals surface area (Å²) >= 11 is 0. The second kappa shape index (κ2) is 14.6. The molecule has 9 heteroatoms. The Kier molecular flexibility index (Phi) is 12.5. The Morgan fingerprint density at radius 3 is 1.24 bits per heavy atom. The number of nitrogens with one attached hydrogen (secondary N) is 1. The average molecular weight is 422 g/mol. The predicted molar refractivity (Wildman–Crippen MR) is 106 cm³/mol. The molecule has 29 heavy (non-hydrogen) atoms. The number of hydrogen-bond donors (Lipinski definition) is 1. The highest BCUT2D eigenvalue weighted by Gasteiger charge is 2.27. The lowest BCUT2D eigenvalue weighted by Gasteiger charge is -2.31. The lowest BCUT2D eigenvalue weighted by Crippen LogP contribution is -2.43. The monoisotopic (exact) mass is 421 g/mol. The highest BCUT2D eigenvalue weighted by Crippen LogP contribution is 2.14. The Balaban J connectivity index is 1.98. The minimum atomic E-state index is -0.540. The zero-order valence-electron chi connectivity index (χ0n) is 18.1. The number of hydrogen-bond acceptors (Lipinski definition) is 9. The summed E-state index contributed by atoms with van der Waals surface area (Å²) in [6, 6.07) is 0. The van der Waals surface area contributed by atoms with Crippen LogP contribution < -0.4 is 5.32 Å². The second-order valence-electron chi connectivity index (χ2n) is 7.78. The summed E-state index contributed by atoms with van der Waals surface area (Å²) in [6.45, 7) is 12.3. The van der Waals surface area contributed by atoms with Gasteiger partial charge in [0.1, 0.15) is 11.2 Å². The van der Waals surface area contributed by atoms with Crippen LogP contribution in [0, 0.1) is 0 Å². The van der Waals surface area contributed by atoms with Gasteiger partial charge in [-0.15, -0.1) is 0 Å². The van der Waals surface area contributed by atoms with Crippen molar-refractivity contribution in [2.75, 3.05) is 106 Å². The van der Waals surface area contributed by atoms with Crippen LogP contribution in [0.2, 0.25) is 0 Å². The van der Waals surface area contributed by atoms with Crippen molar-refractivity contribution in [2.45, 2.75) is 25.0 Å². The summed E-state index contributed by atoms with van der Waals surface area (Å²) in [5.41, 5.74) is -1.08. The highest BCUT2D eigenvalue weighted by molar-refractivity contribution is 4.76. The first-order valence-corrected chi connectivity index (χ1v) is 10.6. The average Bonchev–Trinajstić information content (AvgIpc) is 2.70. The molecule has 2 bridgehead atoms. The summed E-state index contributed by atoms with van der Waals surface area (Å²) in [7, 11) is 0. The normalized spacial score (nSPS) is 34.1. The molecule has 0 aromatic carbocycles. The van der Waals surface area contributed by atoms with E-state index in [-0.39, 0.29) is 0 Å². The zero-order chi connectivity index (χ0) is 20.7. The Morgan fingerprint density at radius 2 is 0.793 bits per heavy atom. The molecule has 0 amide bonds. The summed E-state index contributed by atoms with van der Waals surface area (Å²) in [5.74, 6) is 0. The van der Waals surface area contributed by atoms with Crippen molar-refractivity contribution in [2.24, 2.45) is 0 Å². The Hall–Kier alpha value is -0.360. The third-order valence-corrected chi connectivity index (χ3v) is 4.58. The Bertz CT molecular complexity index is 356. The molecule has 0 aromatic rings. The van der Waals surface area contributed by atoms with Gasteiger partial charge in [0.2, 0.25) is 0 Å². The van der Waals surface area contributed by atoms with Crippen molar-refractivity contribution in [3.8, 4) is 0 Å². The maximum absolute atomic E-state index is 6.04. The molecule has 2 rings (SSSR count). The molecule has 2 saturated heterocycles. The van der Waals surface area contributed by atoms with Crippen LogP contribution in [-0.4, -0.2) is 117 Å². The highest BCUT2D eigenvalue weighted by atomic mass is 16.6. The minimum Gasteiger partial charge on any atom is -0.377 e. The smallest absolute Gasteiger partial charge is 0.112 e. The first-order valence-electron chi connectivity index (χ1n) is 10.6. The molecule has 0 spiro atoms. The van der Waals surface area contributed by atoms with Gasteiger partial charge in [0.05, 0.1) is 92.5 Å². The topological polar surface area (TPSA) is 85.9 Å². The molecular formula is C20H39NO8. The van der Waals surface area contributed by atoms with Gasteiger partial charge in [0.15, 0.2) is 0 Å². The molecule has 2 aliphatic heterocycles. The van der Waals surface area contributed by atoms with Crippen LogP contribution in [0.15, 0.2) is 0 Å². The van der Waals surface area contributed by atoms with Crippen molar-refractivity contribution in [3.05, 3.63) is 0 Å². The van der Waals surface area contributed by atoms with Gasteiger partial charge in [-0.2, -0.15) is 0 Å². The number of rotatable bonds is 0. The Morgan fingerprint density at radius 1 is 0.448 bits per heavy atom. The molecule has 0 radical (unpaired) electrons. The Labute approximate surface area is 174 Å². The lowest BCUT2D eigenvalue weighted by atomic mass is 10.1. The van der Waals surface area contributed by atoms with Gasteiger partial charge in [-0.25, -0.2) is 0 Å². The summed E-state index contributed by atoms with van der Waals surface area (Å²) in [4.78, 5) is 0. The maximum atomic E-state index is 6.04. The van der Waals surface area contributed by atoms with E-state index in [1.54, 1.807) is 0 Å². The van der Waals surface area contributed by atoms with Gasteiger partial charge in [-0.05, 0) is 13.8 Å². The van der Waals surface area contributed by atoms with Crippen molar-refractivity contribution in [1.82, 2.24) is 5.32 Å². The molecule has 9 nitrogen and oxygen atoms in total. The van der Waals surface area contributed by atoms with E-state index in [0.29, 0.717) is 92.5 Å². The molecule has 2 aliphatic rings. The van der Waals surface area contributed by atoms with Crippen molar-refractivity contribution in [3.63, 3.8) is 0 Å². The molecule has 172 valence electrons. The SMILES string of the molecule is CC12COCCNCCOCC(C)(COCCOCCOC1)OCCOCCO2. The molecule has 2 unspecified atom stereocenters. The van der Waals surface area contributed by atoms with Gasteiger partial charge in [-0.3, -0.25) is 0 Å².